The van der Waals surface area contributed by atoms with Crippen molar-refractivity contribution in [3.8, 4) is 5.75 Å². The van der Waals surface area contributed by atoms with Gasteiger partial charge in [0.2, 0.25) is 0 Å². The Morgan fingerprint density at radius 1 is 1.40 bits per heavy atom. The number of aliphatic hydroxyl groups is 1. The van der Waals surface area contributed by atoms with E-state index in [2.05, 4.69) is 4.90 Å². The summed E-state index contributed by atoms with van der Waals surface area (Å²) in [5.41, 5.74) is 0.192. The van der Waals surface area contributed by atoms with Crippen molar-refractivity contribution < 1.29 is 19.7 Å². The van der Waals surface area contributed by atoms with E-state index < -0.39 is 5.97 Å². The number of likely N-dealkylation sites (N-methyl/N-ethyl adjacent to an activating group) is 1. The maximum absolute atomic E-state index is 11.0. The lowest BCUT2D eigenvalue weighted by molar-refractivity contribution is 0.0269. The molecule has 1 aliphatic rings. The monoisotopic (exact) mass is 279 g/mol. The minimum Gasteiger partial charge on any atom is -0.491 e. The third-order valence-corrected chi connectivity index (χ3v) is 3.63. The molecular formula is C15H21NO4. The van der Waals surface area contributed by atoms with E-state index in [9.17, 15) is 9.90 Å². The Kier molecular flexibility index (Phi) is 4.98. The maximum atomic E-state index is 11.0. The number of rotatable bonds is 7. The predicted octanol–water partition coefficient (Wildman–Crippen LogP) is 1.47. The Morgan fingerprint density at radius 2 is 2.10 bits per heavy atom. The highest BCUT2D eigenvalue weighted by molar-refractivity contribution is 5.90. The molecule has 1 aliphatic carbocycles. The fourth-order valence-electron chi connectivity index (χ4n) is 2.46. The van der Waals surface area contributed by atoms with E-state index in [0.717, 1.165) is 25.9 Å². The lowest BCUT2D eigenvalue weighted by Gasteiger charge is -2.34. The van der Waals surface area contributed by atoms with Gasteiger partial charge in [-0.1, -0.05) is 12.1 Å². The Morgan fingerprint density at radius 3 is 2.75 bits per heavy atom. The van der Waals surface area contributed by atoms with Gasteiger partial charge in [0.1, 0.15) is 17.9 Å². The number of ether oxygens (including phenoxy) is 1. The maximum Gasteiger partial charge on any atom is 0.339 e. The first-order valence-corrected chi connectivity index (χ1v) is 6.88. The molecule has 0 aliphatic heterocycles. The van der Waals surface area contributed by atoms with Crippen LogP contribution in [0.2, 0.25) is 0 Å². The molecule has 0 aromatic heterocycles. The number of aliphatic hydroxyl groups excluding tert-OH is 1. The van der Waals surface area contributed by atoms with E-state index in [0.29, 0.717) is 18.3 Å². The average Bonchev–Trinajstić information content (AvgIpc) is 2.37. The second-order valence-corrected chi connectivity index (χ2v) is 5.40. The van der Waals surface area contributed by atoms with Crippen LogP contribution < -0.4 is 4.74 Å². The van der Waals surface area contributed by atoms with Crippen LogP contribution in [0.3, 0.4) is 0 Å². The summed E-state index contributed by atoms with van der Waals surface area (Å²) in [6.07, 6.45) is 1.65. The van der Waals surface area contributed by atoms with Gasteiger partial charge in [0, 0.05) is 13.1 Å². The average molecular weight is 279 g/mol. The highest BCUT2D eigenvalue weighted by atomic mass is 16.5. The summed E-state index contributed by atoms with van der Waals surface area (Å²) in [7, 11) is 2.01. The smallest absolute Gasteiger partial charge is 0.339 e. The minimum atomic E-state index is -0.975. The summed E-state index contributed by atoms with van der Waals surface area (Å²) in [5.74, 6) is 0.00572. The predicted molar refractivity (Wildman–Crippen MR) is 75.1 cm³/mol. The van der Waals surface area contributed by atoms with Gasteiger partial charge >= 0.3 is 5.97 Å². The van der Waals surface area contributed by atoms with Crippen molar-refractivity contribution in [3.63, 3.8) is 0 Å². The van der Waals surface area contributed by atoms with Crippen LogP contribution in [-0.2, 0) is 0 Å². The largest absolute Gasteiger partial charge is 0.491 e. The molecule has 1 saturated carbocycles. The van der Waals surface area contributed by atoms with E-state index >= 15 is 0 Å². The zero-order chi connectivity index (χ0) is 14.5. The zero-order valence-electron chi connectivity index (χ0n) is 11.7. The number of aromatic carboxylic acids is 1. The standard InChI is InChI=1S/C15H21NO4/c1-16(10-11-8-12(17)9-11)6-7-20-14-5-3-2-4-13(14)15(18)19/h2-5,11-12,17H,6-10H2,1H3,(H,18,19). The molecular weight excluding hydrogens is 258 g/mol. The first-order valence-electron chi connectivity index (χ1n) is 6.88. The Bertz CT molecular complexity index is 457. The van der Waals surface area contributed by atoms with E-state index in [1.54, 1.807) is 18.2 Å². The topological polar surface area (TPSA) is 70.0 Å². The van der Waals surface area contributed by atoms with E-state index in [1.165, 1.54) is 6.07 Å². The second kappa shape index (κ2) is 6.72. The quantitative estimate of drug-likeness (QED) is 0.791. The van der Waals surface area contributed by atoms with Crippen molar-refractivity contribution in [2.24, 2.45) is 5.92 Å². The SMILES string of the molecule is CN(CCOc1ccccc1C(=O)O)CC1CC(O)C1. The number of carbonyl (C=O) groups is 1. The van der Waals surface area contributed by atoms with Gasteiger partial charge < -0.3 is 19.8 Å². The lowest BCUT2D eigenvalue weighted by Crippen LogP contribution is -2.38. The number of para-hydroxylation sites is 1. The van der Waals surface area contributed by atoms with Crippen molar-refractivity contribution in [1.29, 1.82) is 0 Å². The molecule has 0 heterocycles. The molecule has 0 amide bonds. The fraction of sp³-hybridized carbons (Fsp3) is 0.533. The van der Waals surface area contributed by atoms with E-state index in [1.807, 2.05) is 7.05 Å². The number of carboxylic acids is 1. The zero-order valence-corrected chi connectivity index (χ0v) is 11.7. The molecule has 5 nitrogen and oxygen atoms in total. The Balaban J connectivity index is 1.74. The van der Waals surface area contributed by atoms with Crippen molar-refractivity contribution in [3.05, 3.63) is 29.8 Å². The van der Waals surface area contributed by atoms with Crippen LogP contribution >= 0.6 is 0 Å². The van der Waals surface area contributed by atoms with Gasteiger partial charge in [-0.05, 0) is 37.9 Å². The van der Waals surface area contributed by atoms with Crippen molar-refractivity contribution in [2.75, 3.05) is 26.7 Å². The van der Waals surface area contributed by atoms with Crippen LogP contribution in [-0.4, -0.2) is 53.9 Å². The van der Waals surface area contributed by atoms with Gasteiger partial charge in [0.15, 0.2) is 0 Å². The summed E-state index contributed by atoms with van der Waals surface area (Å²) in [6.45, 7) is 2.14. The molecule has 20 heavy (non-hydrogen) atoms. The van der Waals surface area contributed by atoms with Gasteiger partial charge in [-0.15, -0.1) is 0 Å². The van der Waals surface area contributed by atoms with Gasteiger partial charge in [0.25, 0.3) is 0 Å². The molecule has 5 heteroatoms. The number of hydrogen-bond donors (Lipinski definition) is 2. The van der Waals surface area contributed by atoms with Crippen molar-refractivity contribution in [2.45, 2.75) is 18.9 Å². The first kappa shape index (κ1) is 14.8. The molecule has 2 rings (SSSR count). The Labute approximate surface area is 118 Å². The third-order valence-electron chi connectivity index (χ3n) is 3.63. The lowest BCUT2D eigenvalue weighted by atomic mass is 9.82. The molecule has 110 valence electrons. The fourth-order valence-corrected chi connectivity index (χ4v) is 2.46. The summed E-state index contributed by atoms with van der Waals surface area (Å²) in [5, 5.41) is 18.3. The highest BCUT2D eigenvalue weighted by Gasteiger charge is 2.27. The second-order valence-electron chi connectivity index (χ2n) is 5.40. The summed E-state index contributed by atoms with van der Waals surface area (Å²) < 4.78 is 5.55. The van der Waals surface area contributed by atoms with Crippen molar-refractivity contribution in [1.82, 2.24) is 4.90 Å². The summed E-state index contributed by atoms with van der Waals surface area (Å²) >= 11 is 0. The number of benzene rings is 1. The highest BCUT2D eigenvalue weighted by Crippen LogP contribution is 2.27. The first-order chi connectivity index (χ1) is 9.56. The van der Waals surface area contributed by atoms with E-state index in [4.69, 9.17) is 9.84 Å². The molecule has 1 aromatic rings. The molecule has 1 fully saturated rings. The van der Waals surface area contributed by atoms with E-state index in [-0.39, 0.29) is 11.7 Å². The molecule has 0 radical (unpaired) electrons. The van der Waals surface area contributed by atoms with Gasteiger partial charge in [0.05, 0.1) is 6.10 Å². The minimum absolute atomic E-state index is 0.118. The number of carboxylic acid groups (broad SMARTS) is 1. The number of nitrogens with zero attached hydrogens (tertiary/aromatic N) is 1. The molecule has 0 atom stereocenters. The number of hydrogen-bond acceptors (Lipinski definition) is 4. The molecule has 0 unspecified atom stereocenters. The third kappa shape index (κ3) is 3.95. The van der Waals surface area contributed by atoms with Crippen LogP contribution in [0.5, 0.6) is 5.75 Å². The summed E-state index contributed by atoms with van der Waals surface area (Å²) in [6, 6.07) is 6.66. The molecule has 2 N–H and O–H groups in total. The van der Waals surface area contributed by atoms with Crippen LogP contribution in [0.25, 0.3) is 0 Å². The van der Waals surface area contributed by atoms with Crippen LogP contribution in [0.15, 0.2) is 24.3 Å². The van der Waals surface area contributed by atoms with Crippen LogP contribution in [0.1, 0.15) is 23.2 Å². The molecule has 0 bridgehead atoms. The van der Waals surface area contributed by atoms with Crippen LogP contribution in [0.4, 0.5) is 0 Å². The molecule has 1 aromatic carbocycles. The van der Waals surface area contributed by atoms with Gasteiger partial charge in [-0.3, -0.25) is 0 Å². The molecule has 0 spiro atoms. The normalized spacial score (nSPS) is 21.6. The summed E-state index contributed by atoms with van der Waals surface area (Å²) in [4.78, 5) is 13.2. The molecule has 0 saturated heterocycles. The van der Waals surface area contributed by atoms with Crippen molar-refractivity contribution >= 4 is 5.97 Å². The van der Waals surface area contributed by atoms with Gasteiger partial charge in [-0.2, -0.15) is 0 Å². The van der Waals surface area contributed by atoms with Gasteiger partial charge in [-0.25, -0.2) is 4.79 Å². The van der Waals surface area contributed by atoms with Crippen LogP contribution in [0, 0.1) is 5.92 Å². The Hall–Kier alpha value is -1.59.